The van der Waals surface area contributed by atoms with Gasteiger partial charge in [0.05, 0.1) is 11.1 Å². The van der Waals surface area contributed by atoms with Gasteiger partial charge in [0.2, 0.25) is 0 Å². The second-order valence-corrected chi connectivity index (χ2v) is 3.56. The molecule has 0 spiro atoms. The highest BCUT2D eigenvalue weighted by Gasteiger charge is 2.02. The molecule has 1 rings (SSSR count). The third-order valence-corrected chi connectivity index (χ3v) is 2.18. The predicted molar refractivity (Wildman–Crippen MR) is 65.8 cm³/mol. The van der Waals surface area contributed by atoms with Gasteiger partial charge in [-0.2, -0.15) is 5.10 Å². The standard InChI is InChI=1S/C9H10N4O2S/c1-16-9(10)12-11-6-7-2-4-8(5-3-7)13(14)15/h2-6H,1H3,(H2,10,12). The van der Waals surface area contributed by atoms with Gasteiger partial charge in [-0.15, -0.1) is 5.10 Å². The van der Waals surface area contributed by atoms with E-state index in [2.05, 4.69) is 10.2 Å². The van der Waals surface area contributed by atoms with Crippen LogP contribution in [0.2, 0.25) is 0 Å². The average molecular weight is 238 g/mol. The van der Waals surface area contributed by atoms with Gasteiger partial charge >= 0.3 is 0 Å². The normalized spacial score (nSPS) is 11.9. The highest BCUT2D eigenvalue weighted by atomic mass is 32.2. The van der Waals surface area contributed by atoms with Crippen LogP contribution in [0.4, 0.5) is 5.69 Å². The molecule has 7 heteroatoms. The Labute approximate surface area is 96.4 Å². The third-order valence-electron chi connectivity index (χ3n) is 1.68. The first-order valence-electron chi connectivity index (χ1n) is 4.28. The van der Waals surface area contributed by atoms with Gasteiger partial charge in [-0.1, -0.05) is 11.8 Å². The number of amidine groups is 1. The molecule has 1 aromatic carbocycles. The van der Waals surface area contributed by atoms with E-state index in [-0.39, 0.29) is 5.69 Å². The predicted octanol–water partition coefficient (Wildman–Crippen LogP) is 1.61. The Kier molecular flexibility index (Phi) is 4.46. The monoisotopic (exact) mass is 238 g/mol. The maximum atomic E-state index is 10.4. The summed E-state index contributed by atoms with van der Waals surface area (Å²) < 4.78 is 0. The fraction of sp³-hybridized carbons (Fsp3) is 0.111. The molecule has 0 fully saturated rings. The number of benzene rings is 1. The molecule has 2 N–H and O–H groups in total. The molecule has 0 saturated heterocycles. The summed E-state index contributed by atoms with van der Waals surface area (Å²) in [6.45, 7) is 0. The summed E-state index contributed by atoms with van der Waals surface area (Å²) >= 11 is 1.29. The van der Waals surface area contributed by atoms with Crippen molar-refractivity contribution >= 4 is 28.8 Å². The van der Waals surface area contributed by atoms with Gasteiger partial charge in [0.1, 0.15) is 0 Å². The first-order valence-corrected chi connectivity index (χ1v) is 5.51. The molecule has 0 aliphatic heterocycles. The minimum Gasteiger partial charge on any atom is -0.377 e. The number of nitro benzene ring substituents is 1. The molecule has 0 unspecified atom stereocenters. The Morgan fingerprint density at radius 1 is 1.50 bits per heavy atom. The highest BCUT2D eigenvalue weighted by molar-refractivity contribution is 8.13. The minimum absolute atomic E-state index is 0.0456. The number of rotatable bonds is 3. The summed E-state index contributed by atoms with van der Waals surface area (Å²) in [6, 6.07) is 5.99. The lowest BCUT2D eigenvalue weighted by Gasteiger charge is -1.92. The number of nitrogens with zero attached hydrogens (tertiary/aromatic N) is 3. The Bertz CT molecular complexity index is 428. The van der Waals surface area contributed by atoms with Crippen molar-refractivity contribution < 1.29 is 4.92 Å². The smallest absolute Gasteiger partial charge is 0.269 e. The molecule has 16 heavy (non-hydrogen) atoms. The van der Waals surface area contributed by atoms with Crippen molar-refractivity contribution in [1.82, 2.24) is 0 Å². The zero-order chi connectivity index (χ0) is 12.0. The lowest BCUT2D eigenvalue weighted by Crippen LogP contribution is -2.03. The summed E-state index contributed by atoms with van der Waals surface area (Å²) in [6.07, 6.45) is 3.27. The van der Waals surface area contributed by atoms with Crippen LogP contribution in [-0.4, -0.2) is 22.6 Å². The van der Waals surface area contributed by atoms with Gasteiger partial charge in [-0.05, 0) is 24.0 Å². The largest absolute Gasteiger partial charge is 0.377 e. The number of nitrogens with two attached hydrogens (primary N) is 1. The van der Waals surface area contributed by atoms with Crippen LogP contribution < -0.4 is 5.73 Å². The van der Waals surface area contributed by atoms with Crippen molar-refractivity contribution in [1.29, 1.82) is 0 Å². The zero-order valence-corrected chi connectivity index (χ0v) is 9.35. The first kappa shape index (κ1) is 12.2. The van der Waals surface area contributed by atoms with Crippen LogP contribution in [-0.2, 0) is 0 Å². The number of hydrogen-bond donors (Lipinski definition) is 1. The van der Waals surface area contributed by atoms with Gasteiger partial charge in [0, 0.05) is 12.1 Å². The van der Waals surface area contributed by atoms with Gasteiger partial charge in [0.15, 0.2) is 5.17 Å². The topological polar surface area (TPSA) is 93.9 Å². The van der Waals surface area contributed by atoms with Crippen molar-refractivity contribution in [3.05, 3.63) is 39.9 Å². The Morgan fingerprint density at radius 3 is 2.62 bits per heavy atom. The second-order valence-electron chi connectivity index (χ2n) is 2.74. The van der Waals surface area contributed by atoms with E-state index in [1.54, 1.807) is 18.4 Å². The summed E-state index contributed by atoms with van der Waals surface area (Å²) in [7, 11) is 0. The quantitative estimate of drug-likeness (QED) is 0.374. The SMILES string of the molecule is CS/C(N)=N/N=Cc1ccc([N+](=O)[O-])cc1. The molecule has 0 aliphatic carbocycles. The molecule has 0 aliphatic rings. The van der Waals surface area contributed by atoms with Crippen LogP contribution in [0.3, 0.4) is 0 Å². The number of thioether (sulfide) groups is 1. The fourth-order valence-electron chi connectivity index (χ4n) is 0.875. The van der Waals surface area contributed by atoms with Gasteiger partial charge < -0.3 is 5.73 Å². The van der Waals surface area contributed by atoms with E-state index >= 15 is 0 Å². The molecule has 0 amide bonds. The highest BCUT2D eigenvalue weighted by Crippen LogP contribution is 2.10. The van der Waals surface area contributed by atoms with Gasteiger partial charge in [0.25, 0.3) is 5.69 Å². The maximum absolute atomic E-state index is 10.4. The number of non-ortho nitro benzene ring substituents is 1. The van der Waals surface area contributed by atoms with E-state index in [9.17, 15) is 10.1 Å². The van der Waals surface area contributed by atoms with Crippen molar-refractivity contribution in [2.24, 2.45) is 15.9 Å². The summed E-state index contributed by atoms with van der Waals surface area (Å²) in [5.41, 5.74) is 6.18. The van der Waals surface area contributed by atoms with Crippen molar-refractivity contribution in [2.75, 3.05) is 6.26 Å². The molecule has 1 aromatic rings. The fourth-order valence-corrected chi connectivity index (χ4v) is 1.00. The summed E-state index contributed by atoms with van der Waals surface area (Å²) in [5.74, 6) is 0. The Morgan fingerprint density at radius 2 is 2.12 bits per heavy atom. The molecule has 84 valence electrons. The zero-order valence-electron chi connectivity index (χ0n) is 8.53. The lowest BCUT2D eigenvalue weighted by molar-refractivity contribution is -0.384. The molecule has 0 atom stereocenters. The Balaban J connectivity index is 2.72. The van der Waals surface area contributed by atoms with E-state index in [0.717, 1.165) is 5.56 Å². The van der Waals surface area contributed by atoms with E-state index in [0.29, 0.717) is 5.17 Å². The molecule has 0 saturated carbocycles. The van der Waals surface area contributed by atoms with E-state index in [4.69, 9.17) is 5.73 Å². The van der Waals surface area contributed by atoms with Crippen molar-refractivity contribution in [3.63, 3.8) is 0 Å². The summed E-state index contributed by atoms with van der Waals surface area (Å²) in [5, 5.41) is 18.2. The van der Waals surface area contributed by atoms with E-state index < -0.39 is 4.92 Å². The molecule has 0 aromatic heterocycles. The van der Waals surface area contributed by atoms with Crippen molar-refractivity contribution in [2.45, 2.75) is 0 Å². The van der Waals surface area contributed by atoms with E-state index in [1.165, 1.54) is 30.1 Å². The molecular formula is C9H10N4O2S. The maximum Gasteiger partial charge on any atom is 0.269 e. The van der Waals surface area contributed by atoms with Crippen LogP contribution in [0.5, 0.6) is 0 Å². The molecule has 6 nitrogen and oxygen atoms in total. The number of nitro groups is 1. The minimum atomic E-state index is -0.454. The lowest BCUT2D eigenvalue weighted by atomic mass is 10.2. The van der Waals surface area contributed by atoms with E-state index in [1.807, 2.05) is 0 Å². The van der Waals surface area contributed by atoms with Crippen LogP contribution in [0, 0.1) is 10.1 Å². The molecule has 0 heterocycles. The number of hydrogen-bond acceptors (Lipinski definition) is 5. The summed E-state index contributed by atoms with van der Waals surface area (Å²) in [4.78, 5) is 9.93. The average Bonchev–Trinajstić information content (AvgIpc) is 2.29. The first-order chi connectivity index (χ1) is 7.63. The van der Waals surface area contributed by atoms with Crippen LogP contribution in [0.25, 0.3) is 0 Å². The van der Waals surface area contributed by atoms with Crippen LogP contribution in [0.15, 0.2) is 34.5 Å². The third kappa shape index (κ3) is 3.70. The van der Waals surface area contributed by atoms with Gasteiger partial charge in [-0.3, -0.25) is 10.1 Å². The van der Waals surface area contributed by atoms with Gasteiger partial charge in [-0.25, -0.2) is 0 Å². The van der Waals surface area contributed by atoms with Crippen LogP contribution >= 0.6 is 11.8 Å². The molecule has 0 radical (unpaired) electrons. The van der Waals surface area contributed by atoms with Crippen molar-refractivity contribution in [3.8, 4) is 0 Å². The Hall–Kier alpha value is -1.89. The molecular weight excluding hydrogens is 228 g/mol. The van der Waals surface area contributed by atoms with Crippen LogP contribution in [0.1, 0.15) is 5.56 Å². The molecule has 0 bridgehead atoms. The second kappa shape index (κ2) is 5.86.